The van der Waals surface area contributed by atoms with E-state index in [4.69, 9.17) is 9.15 Å². The second-order valence-electron chi connectivity index (χ2n) is 4.44. The van der Waals surface area contributed by atoms with Crippen LogP contribution in [0.3, 0.4) is 0 Å². The van der Waals surface area contributed by atoms with Crippen molar-refractivity contribution in [2.24, 2.45) is 0 Å². The molecule has 0 aliphatic rings. The number of hydrogen-bond donors (Lipinski definition) is 1. The Morgan fingerprint density at radius 3 is 2.48 bits per heavy atom. The number of nitrogens with one attached hydrogen (secondary N) is 1. The molecule has 1 N–H and O–H groups in total. The first-order chi connectivity index (χ1) is 10.9. The quantitative estimate of drug-likeness (QED) is 0.641. The lowest BCUT2D eigenvalue weighted by Crippen LogP contribution is -2.20. The summed E-state index contributed by atoms with van der Waals surface area (Å²) >= 11 is 0.414. The number of amides is 1. The fourth-order valence-corrected chi connectivity index (χ4v) is 2.16. The molecule has 1 aromatic carbocycles. The van der Waals surface area contributed by atoms with Crippen LogP contribution in [0.4, 0.5) is 14.5 Å². The first-order valence-corrected chi connectivity index (χ1v) is 7.40. The summed E-state index contributed by atoms with van der Waals surface area (Å²) in [7, 11) is 0. The average Bonchev–Trinajstić information content (AvgIpc) is 2.93. The second-order valence-corrected chi connectivity index (χ2v) is 5.50. The first kappa shape index (κ1) is 17.0. The van der Waals surface area contributed by atoms with Gasteiger partial charge in [-0.05, 0) is 43.3 Å². The van der Waals surface area contributed by atoms with Crippen molar-refractivity contribution < 1.29 is 27.5 Å². The van der Waals surface area contributed by atoms with Gasteiger partial charge in [-0.25, -0.2) is 4.79 Å². The van der Waals surface area contributed by atoms with Gasteiger partial charge >= 0.3 is 5.97 Å². The minimum absolute atomic E-state index is 0.0173. The molecular formula is C15H13F2NO4S. The predicted octanol–water partition coefficient (Wildman–Crippen LogP) is 3.70. The van der Waals surface area contributed by atoms with Gasteiger partial charge in [0, 0.05) is 10.6 Å². The van der Waals surface area contributed by atoms with E-state index in [0.29, 0.717) is 28.1 Å². The highest BCUT2D eigenvalue weighted by Crippen LogP contribution is 2.26. The number of anilines is 1. The Balaban J connectivity index is 1.81. The van der Waals surface area contributed by atoms with Crippen LogP contribution in [0.1, 0.15) is 16.3 Å². The van der Waals surface area contributed by atoms with Gasteiger partial charge in [0.05, 0.1) is 0 Å². The summed E-state index contributed by atoms with van der Waals surface area (Å²) in [4.78, 5) is 23.7. The van der Waals surface area contributed by atoms with Crippen molar-refractivity contribution in [2.45, 2.75) is 17.6 Å². The molecular weight excluding hydrogens is 328 g/mol. The number of esters is 1. The Morgan fingerprint density at radius 2 is 1.91 bits per heavy atom. The zero-order valence-electron chi connectivity index (χ0n) is 12.0. The number of carbonyl (C=O) groups is 2. The van der Waals surface area contributed by atoms with Crippen LogP contribution < -0.4 is 5.32 Å². The van der Waals surface area contributed by atoms with Crippen molar-refractivity contribution in [3.63, 3.8) is 0 Å². The summed E-state index contributed by atoms with van der Waals surface area (Å²) in [6.07, 6.45) is 0. The number of benzene rings is 1. The molecule has 1 heterocycles. The summed E-state index contributed by atoms with van der Waals surface area (Å²) < 4.78 is 34.2. The van der Waals surface area contributed by atoms with E-state index >= 15 is 0 Å². The lowest BCUT2D eigenvalue weighted by Gasteiger charge is -2.06. The normalized spacial score (nSPS) is 10.6. The number of alkyl halides is 2. The molecule has 2 rings (SSSR count). The molecule has 0 aliphatic carbocycles. The molecule has 0 radical (unpaired) electrons. The van der Waals surface area contributed by atoms with Gasteiger partial charge in [0.2, 0.25) is 5.76 Å². The molecule has 8 heteroatoms. The zero-order valence-corrected chi connectivity index (χ0v) is 12.9. The van der Waals surface area contributed by atoms with Gasteiger partial charge < -0.3 is 14.5 Å². The third-order valence-corrected chi connectivity index (χ3v) is 3.36. The van der Waals surface area contributed by atoms with Gasteiger partial charge in [-0.1, -0.05) is 11.8 Å². The zero-order chi connectivity index (χ0) is 16.8. The Morgan fingerprint density at radius 1 is 1.22 bits per heavy atom. The maximum Gasteiger partial charge on any atom is 0.374 e. The first-order valence-electron chi connectivity index (χ1n) is 6.52. The molecule has 0 saturated heterocycles. The maximum atomic E-state index is 12.2. The molecule has 0 unspecified atom stereocenters. The van der Waals surface area contributed by atoms with Crippen LogP contribution in [0.15, 0.2) is 45.7 Å². The van der Waals surface area contributed by atoms with Crippen LogP contribution in [0.5, 0.6) is 0 Å². The van der Waals surface area contributed by atoms with E-state index in [2.05, 4.69) is 5.32 Å². The molecule has 0 spiro atoms. The number of hydrogen-bond acceptors (Lipinski definition) is 5. The summed E-state index contributed by atoms with van der Waals surface area (Å²) in [6, 6.07) is 8.96. The van der Waals surface area contributed by atoms with Gasteiger partial charge in [-0.2, -0.15) is 8.78 Å². The number of ether oxygens (including phenoxy) is 1. The highest BCUT2D eigenvalue weighted by atomic mass is 32.2. The molecule has 0 bridgehead atoms. The van der Waals surface area contributed by atoms with E-state index in [1.807, 2.05) is 0 Å². The lowest BCUT2D eigenvalue weighted by molar-refractivity contribution is -0.119. The molecule has 0 saturated carbocycles. The summed E-state index contributed by atoms with van der Waals surface area (Å²) in [5.74, 6) is -3.21. The molecule has 0 aliphatic heterocycles. The maximum absolute atomic E-state index is 12.2. The minimum Gasteiger partial charge on any atom is -0.454 e. The van der Waals surface area contributed by atoms with E-state index in [1.54, 1.807) is 13.0 Å². The van der Waals surface area contributed by atoms with Crippen molar-refractivity contribution in [1.82, 2.24) is 0 Å². The molecule has 2 aromatic rings. The molecule has 1 aromatic heterocycles. The number of furan rings is 1. The topological polar surface area (TPSA) is 68.5 Å². The molecule has 0 atom stereocenters. The Labute approximate surface area is 135 Å². The average molecular weight is 341 g/mol. The number of thioether (sulfide) groups is 1. The van der Waals surface area contributed by atoms with Gasteiger partial charge in [-0.3, -0.25) is 4.79 Å². The van der Waals surface area contributed by atoms with Crippen LogP contribution >= 0.6 is 11.8 Å². The van der Waals surface area contributed by atoms with E-state index in [9.17, 15) is 18.4 Å². The van der Waals surface area contributed by atoms with Crippen LogP contribution in [0.2, 0.25) is 0 Å². The largest absolute Gasteiger partial charge is 0.454 e. The Bertz CT molecular complexity index is 685. The van der Waals surface area contributed by atoms with E-state index < -0.39 is 24.2 Å². The smallest absolute Gasteiger partial charge is 0.374 e. The van der Waals surface area contributed by atoms with Crippen molar-refractivity contribution in [2.75, 3.05) is 11.9 Å². The summed E-state index contributed by atoms with van der Waals surface area (Å²) in [5.41, 5.74) is 0.415. The number of halogens is 2. The van der Waals surface area contributed by atoms with Crippen molar-refractivity contribution >= 4 is 29.3 Å². The molecule has 5 nitrogen and oxygen atoms in total. The van der Waals surface area contributed by atoms with Gasteiger partial charge in [0.1, 0.15) is 5.76 Å². The fourth-order valence-electron chi connectivity index (χ4n) is 1.66. The van der Waals surface area contributed by atoms with Crippen LogP contribution in [-0.4, -0.2) is 24.2 Å². The second kappa shape index (κ2) is 7.77. The fraction of sp³-hybridized carbons (Fsp3) is 0.200. The van der Waals surface area contributed by atoms with E-state index in [1.165, 1.54) is 30.3 Å². The highest BCUT2D eigenvalue weighted by Gasteiger charge is 2.14. The van der Waals surface area contributed by atoms with Crippen molar-refractivity contribution in [3.8, 4) is 0 Å². The van der Waals surface area contributed by atoms with Gasteiger partial charge in [-0.15, -0.1) is 0 Å². The SMILES string of the molecule is Cc1ccc(C(=O)OCC(=O)Nc2ccc(SC(F)F)cc2)o1. The number of rotatable bonds is 6. The monoisotopic (exact) mass is 341 g/mol. The van der Waals surface area contributed by atoms with Crippen molar-refractivity contribution in [1.29, 1.82) is 0 Å². The van der Waals surface area contributed by atoms with Crippen LogP contribution in [-0.2, 0) is 9.53 Å². The summed E-state index contributed by atoms with van der Waals surface area (Å²) in [5, 5.41) is 2.49. The molecule has 0 fully saturated rings. The van der Waals surface area contributed by atoms with E-state index in [0.717, 1.165) is 0 Å². The summed E-state index contributed by atoms with van der Waals surface area (Å²) in [6.45, 7) is 1.20. The van der Waals surface area contributed by atoms with Gasteiger partial charge in [0.15, 0.2) is 6.61 Å². The molecule has 1 amide bonds. The third-order valence-electron chi connectivity index (χ3n) is 2.64. The lowest BCUT2D eigenvalue weighted by atomic mass is 10.3. The Kier molecular flexibility index (Phi) is 5.75. The van der Waals surface area contributed by atoms with Crippen LogP contribution in [0, 0.1) is 6.92 Å². The number of aryl methyl sites for hydroxylation is 1. The van der Waals surface area contributed by atoms with E-state index in [-0.39, 0.29) is 5.76 Å². The predicted molar refractivity (Wildman–Crippen MR) is 80.7 cm³/mol. The van der Waals surface area contributed by atoms with Crippen molar-refractivity contribution in [3.05, 3.63) is 47.9 Å². The number of carbonyl (C=O) groups excluding carboxylic acids is 2. The van der Waals surface area contributed by atoms with Crippen LogP contribution in [0.25, 0.3) is 0 Å². The molecule has 122 valence electrons. The van der Waals surface area contributed by atoms with Gasteiger partial charge in [0.25, 0.3) is 11.7 Å². The Hall–Kier alpha value is -2.35. The third kappa shape index (κ3) is 5.41. The standard InChI is InChI=1S/C15H13F2NO4S/c1-9-2-7-12(22-9)14(20)21-8-13(19)18-10-3-5-11(6-4-10)23-15(16)17/h2-7,15H,8H2,1H3,(H,18,19). The molecule has 23 heavy (non-hydrogen) atoms. The highest BCUT2D eigenvalue weighted by molar-refractivity contribution is 7.99. The minimum atomic E-state index is -2.50.